The molecule has 2 amide bonds. The fourth-order valence-corrected chi connectivity index (χ4v) is 3.12. The summed E-state index contributed by atoms with van der Waals surface area (Å²) in [5.74, 6) is -0.0239. The van der Waals surface area contributed by atoms with E-state index in [4.69, 9.17) is 4.74 Å². The first-order valence-corrected chi connectivity index (χ1v) is 9.02. The number of nitrogens with zero attached hydrogens (tertiary/aromatic N) is 1. The predicted molar refractivity (Wildman–Crippen MR) is 101 cm³/mol. The Labute approximate surface area is 153 Å². The van der Waals surface area contributed by atoms with Crippen LogP contribution in [0.2, 0.25) is 0 Å². The first-order chi connectivity index (χ1) is 12.6. The molecule has 2 N–H and O–H groups in total. The maximum atomic E-state index is 12.7. The second kappa shape index (κ2) is 8.29. The van der Waals surface area contributed by atoms with Gasteiger partial charge in [0.2, 0.25) is 0 Å². The minimum atomic E-state index is -0.334. The number of rotatable bonds is 5. The van der Waals surface area contributed by atoms with Crippen LogP contribution < -0.4 is 10.2 Å². The number of likely N-dealkylation sites (N-methyl/N-ethyl adjacent to an activating group) is 1. The summed E-state index contributed by atoms with van der Waals surface area (Å²) in [5.41, 5.74) is 0.798. The molecule has 138 valence electrons. The molecule has 0 aliphatic carbocycles. The second-order valence-corrected chi connectivity index (χ2v) is 6.75. The average molecular weight is 356 g/mol. The smallest absolute Gasteiger partial charge is 0.282 e. The number of hydrogen-bond donors (Lipinski definition) is 2. The van der Waals surface area contributed by atoms with E-state index in [1.54, 1.807) is 0 Å². The van der Waals surface area contributed by atoms with Gasteiger partial charge in [0.05, 0.1) is 20.3 Å². The van der Waals surface area contributed by atoms with Gasteiger partial charge in [0.25, 0.3) is 11.8 Å². The van der Waals surface area contributed by atoms with Crippen molar-refractivity contribution in [3.8, 4) is 0 Å². The van der Waals surface area contributed by atoms with Gasteiger partial charge in [-0.2, -0.15) is 0 Å². The minimum absolute atomic E-state index is 0.0654. The molecule has 6 nitrogen and oxygen atoms in total. The SMILES string of the molecule is C[C@@H](C(=O)Nc1cccc2ccccc12)[NH+](C)CC(=O)N1CCOCC1. The van der Waals surface area contributed by atoms with Crippen LogP contribution in [-0.4, -0.2) is 62.7 Å². The van der Waals surface area contributed by atoms with E-state index in [0.717, 1.165) is 21.4 Å². The number of nitrogens with one attached hydrogen (secondary N) is 2. The van der Waals surface area contributed by atoms with Crippen molar-refractivity contribution < 1.29 is 19.2 Å². The van der Waals surface area contributed by atoms with Crippen molar-refractivity contribution in [1.82, 2.24) is 4.90 Å². The van der Waals surface area contributed by atoms with E-state index in [-0.39, 0.29) is 17.9 Å². The van der Waals surface area contributed by atoms with Gasteiger partial charge in [0, 0.05) is 24.2 Å². The normalized spacial score (nSPS) is 16.9. The molecule has 6 heteroatoms. The highest BCUT2D eigenvalue weighted by atomic mass is 16.5. The standard InChI is InChI=1S/C20H25N3O3/c1-15(22(2)14-19(24)23-10-12-26-13-11-23)20(25)21-18-9-5-7-16-6-3-4-8-17(16)18/h3-9,15H,10-14H2,1-2H3,(H,21,25)/p+1/t15-/m0/s1. The molecule has 2 atom stereocenters. The number of fused-ring (bicyclic) bond motifs is 1. The lowest BCUT2D eigenvalue weighted by atomic mass is 10.1. The number of carbonyl (C=O) groups is 2. The lowest BCUT2D eigenvalue weighted by Gasteiger charge is -2.28. The van der Waals surface area contributed by atoms with Crippen LogP contribution in [0.25, 0.3) is 10.8 Å². The Morgan fingerprint density at radius 3 is 2.62 bits per heavy atom. The van der Waals surface area contributed by atoms with E-state index >= 15 is 0 Å². The Balaban J connectivity index is 1.62. The number of quaternary nitrogens is 1. The quantitative estimate of drug-likeness (QED) is 0.822. The highest BCUT2D eigenvalue weighted by molar-refractivity contribution is 6.03. The van der Waals surface area contributed by atoms with Crippen molar-refractivity contribution in [3.05, 3.63) is 42.5 Å². The zero-order valence-electron chi connectivity index (χ0n) is 15.3. The zero-order valence-corrected chi connectivity index (χ0v) is 15.3. The molecule has 0 spiro atoms. The largest absolute Gasteiger partial charge is 0.378 e. The summed E-state index contributed by atoms with van der Waals surface area (Å²) in [4.78, 5) is 27.7. The van der Waals surface area contributed by atoms with E-state index in [0.29, 0.717) is 32.8 Å². The minimum Gasteiger partial charge on any atom is -0.378 e. The lowest BCUT2D eigenvalue weighted by molar-refractivity contribution is -0.886. The van der Waals surface area contributed by atoms with Gasteiger partial charge in [-0.05, 0) is 18.4 Å². The number of amides is 2. The predicted octanol–water partition coefficient (Wildman–Crippen LogP) is 0.540. The van der Waals surface area contributed by atoms with E-state index in [1.165, 1.54) is 0 Å². The molecule has 26 heavy (non-hydrogen) atoms. The summed E-state index contributed by atoms with van der Waals surface area (Å²) in [6, 6.07) is 13.5. The van der Waals surface area contributed by atoms with Gasteiger partial charge in [0.15, 0.2) is 12.6 Å². The zero-order chi connectivity index (χ0) is 18.5. The Morgan fingerprint density at radius 1 is 1.15 bits per heavy atom. The van der Waals surface area contributed by atoms with Crippen molar-refractivity contribution in [3.63, 3.8) is 0 Å². The Hall–Kier alpha value is -2.44. The van der Waals surface area contributed by atoms with Gasteiger partial charge in [-0.1, -0.05) is 36.4 Å². The van der Waals surface area contributed by atoms with E-state index in [2.05, 4.69) is 5.32 Å². The van der Waals surface area contributed by atoms with Gasteiger partial charge >= 0.3 is 0 Å². The molecule has 0 saturated carbocycles. The van der Waals surface area contributed by atoms with Crippen LogP contribution in [0.5, 0.6) is 0 Å². The molecule has 2 aromatic rings. The molecule has 1 aliphatic rings. The number of carbonyl (C=O) groups excluding carboxylic acids is 2. The van der Waals surface area contributed by atoms with E-state index in [1.807, 2.05) is 61.3 Å². The maximum absolute atomic E-state index is 12.7. The Bertz CT molecular complexity index is 781. The van der Waals surface area contributed by atoms with Crippen molar-refractivity contribution in [2.45, 2.75) is 13.0 Å². The van der Waals surface area contributed by atoms with Gasteiger partial charge in [-0.15, -0.1) is 0 Å². The van der Waals surface area contributed by atoms with Gasteiger partial charge in [-0.3, -0.25) is 9.59 Å². The average Bonchev–Trinajstić information content (AvgIpc) is 2.68. The monoisotopic (exact) mass is 356 g/mol. The first-order valence-electron chi connectivity index (χ1n) is 9.02. The number of anilines is 1. The van der Waals surface area contributed by atoms with Crippen LogP contribution in [0.15, 0.2) is 42.5 Å². The number of morpholine rings is 1. The molecule has 1 fully saturated rings. The van der Waals surface area contributed by atoms with E-state index < -0.39 is 0 Å². The van der Waals surface area contributed by atoms with Crippen molar-refractivity contribution in [2.24, 2.45) is 0 Å². The van der Waals surface area contributed by atoms with Crippen molar-refractivity contribution in [1.29, 1.82) is 0 Å². The molecule has 0 aromatic heterocycles. The van der Waals surface area contributed by atoms with Crippen LogP contribution in [0.4, 0.5) is 5.69 Å². The third kappa shape index (κ3) is 4.20. The van der Waals surface area contributed by atoms with Crippen molar-refractivity contribution in [2.75, 3.05) is 45.2 Å². The summed E-state index contributed by atoms with van der Waals surface area (Å²) >= 11 is 0. The topological polar surface area (TPSA) is 63.1 Å². The molecule has 1 aliphatic heterocycles. The maximum Gasteiger partial charge on any atom is 0.282 e. The first kappa shape index (κ1) is 18.4. The summed E-state index contributed by atoms with van der Waals surface area (Å²) in [6.45, 7) is 4.57. The molecular weight excluding hydrogens is 330 g/mol. The fourth-order valence-electron chi connectivity index (χ4n) is 3.12. The molecule has 0 bridgehead atoms. The van der Waals surface area contributed by atoms with Gasteiger partial charge in [-0.25, -0.2) is 0 Å². The number of ether oxygens (including phenoxy) is 1. The van der Waals surface area contributed by atoms with Crippen LogP contribution in [0, 0.1) is 0 Å². The molecule has 1 heterocycles. The number of hydrogen-bond acceptors (Lipinski definition) is 3. The van der Waals surface area contributed by atoms with Gasteiger partial charge in [0.1, 0.15) is 0 Å². The summed E-state index contributed by atoms with van der Waals surface area (Å²) in [6.07, 6.45) is 0. The number of benzene rings is 2. The fraction of sp³-hybridized carbons (Fsp3) is 0.400. The van der Waals surface area contributed by atoms with Crippen LogP contribution >= 0.6 is 0 Å². The Morgan fingerprint density at radius 2 is 1.85 bits per heavy atom. The summed E-state index contributed by atoms with van der Waals surface area (Å²) < 4.78 is 5.28. The summed E-state index contributed by atoms with van der Waals surface area (Å²) in [5, 5.41) is 5.11. The molecule has 1 unspecified atom stereocenters. The molecule has 0 radical (unpaired) electrons. The molecule has 1 saturated heterocycles. The Kier molecular flexibility index (Phi) is 5.85. The van der Waals surface area contributed by atoms with Crippen LogP contribution in [0.3, 0.4) is 0 Å². The lowest BCUT2D eigenvalue weighted by Crippen LogP contribution is -3.15. The van der Waals surface area contributed by atoms with Crippen LogP contribution in [-0.2, 0) is 14.3 Å². The summed E-state index contributed by atoms with van der Waals surface area (Å²) in [7, 11) is 1.88. The van der Waals surface area contributed by atoms with Gasteiger partial charge < -0.3 is 19.9 Å². The van der Waals surface area contributed by atoms with Crippen molar-refractivity contribution >= 4 is 28.3 Å². The highest BCUT2D eigenvalue weighted by Gasteiger charge is 2.27. The molecule has 2 aromatic carbocycles. The van der Waals surface area contributed by atoms with Crippen LogP contribution in [0.1, 0.15) is 6.92 Å². The highest BCUT2D eigenvalue weighted by Crippen LogP contribution is 2.22. The third-order valence-corrected chi connectivity index (χ3v) is 4.97. The second-order valence-electron chi connectivity index (χ2n) is 6.75. The third-order valence-electron chi connectivity index (χ3n) is 4.97. The molecule has 3 rings (SSSR count). The molecular formula is C20H26N3O3+. The van der Waals surface area contributed by atoms with E-state index in [9.17, 15) is 9.59 Å².